The normalized spacial score (nSPS) is 16.4. The Labute approximate surface area is 123 Å². The Morgan fingerprint density at radius 2 is 1.70 bits per heavy atom. The van der Waals surface area contributed by atoms with Crippen molar-refractivity contribution in [1.82, 2.24) is 5.32 Å². The fourth-order valence-electron chi connectivity index (χ4n) is 2.87. The van der Waals surface area contributed by atoms with Gasteiger partial charge in [-0.15, -0.1) is 0 Å². The molecule has 1 aromatic carbocycles. The Morgan fingerprint density at radius 3 is 2.50 bits per heavy atom. The van der Waals surface area contributed by atoms with Crippen molar-refractivity contribution >= 4 is 0 Å². The van der Waals surface area contributed by atoms with Crippen LogP contribution in [0.3, 0.4) is 0 Å². The summed E-state index contributed by atoms with van der Waals surface area (Å²) in [5.41, 5.74) is 1.44. The van der Waals surface area contributed by atoms with Crippen LogP contribution in [0.1, 0.15) is 50.5 Å². The van der Waals surface area contributed by atoms with E-state index in [0.29, 0.717) is 6.10 Å². The molecule has 0 atom stereocenters. The molecule has 0 saturated heterocycles. The van der Waals surface area contributed by atoms with Gasteiger partial charge in [-0.05, 0) is 50.8 Å². The van der Waals surface area contributed by atoms with Gasteiger partial charge >= 0.3 is 0 Å². The van der Waals surface area contributed by atoms with E-state index in [1.807, 2.05) is 0 Å². The molecular weight excluding hydrogens is 246 g/mol. The second-order valence-electron chi connectivity index (χ2n) is 5.82. The van der Waals surface area contributed by atoms with Gasteiger partial charge in [0.1, 0.15) is 0 Å². The van der Waals surface area contributed by atoms with Crippen molar-refractivity contribution in [3.63, 3.8) is 0 Å². The SMILES string of the molecule is c1ccc(CCCNCCCOC2CCCCC2)cc1. The van der Waals surface area contributed by atoms with Crippen LogP contribution >= 0.6 is 0 Å². The van der Waals surface area contributed by atoms with Crippen LogP contribution in [0.5, 0.6) is 0 Å². The fraction of sp³-hybridized carbons (Fsp3) is 0.667. The van der Waals surface area contributed by atoms with E-state index in [0.717, 1.165) is 26.1 Å². The second-order valence-corrected chi connectivity index (χ2v) is 5.82. The first-order chi connectivity index (χ1) is 9.95. The van der Waals surface area contributed by atoms with Crippen LogP contribution in [0.4, 0.5) is 0 Å². The molecule has 1 aromatic rings. The molecule has 0 heterocycles. The minimum atomic E-state index is 0.557. The van der Waals surface area contributed by atoms with E-state index in [9.17, 15) is 0 Å². The average molecular weight is 275 g/mol. The van der Waals surface area contributed by atoms with Gasteiger partial charge in [0.05, 0.1) is 6.10 Å². The van der Waals surface area contributed by atoms with Gasteiger partial charge in [-0.25, -0.2) is 0 Å². The van der Waals surface area contributed by atoms with E-state index in [-0.39, 0.29) is 0 Å². The molecule has 1 N–H and O–H groups in total. The molecule has 0 aromatic heterocycles. The van der Waals surface area contributed by atoms with Gasteiger partial charge < -0.3 is 10.1 Å². The van der Waals surface area contributed by atoms with Gasteiger partial charge in [0.15, 0.2) is 0 Å². The summed E-state index contributed by atoms with van der Waals surface area (Å²) < 4.78 is 5.92. The van der Waals surface area contributed by atoms with Crippen molar-refractivity contribution in [1.29, 1.82) is 0 Å². The van der Waals surface area contributed by atoms with Crippen LogP contribution in [0.25, 0.3) is 0 Å². The van der Waals surface area contributed by atoms with Crippen molar-refractivity contribution in [3.05, 3.63) is 35.9 Å². The lowest BCUT2D eigenvalue weighted by molar-refractivity contribution is 0.0273. The Hall–Kier alpha value is -0.860. The van der Waals surface area contributed by atoms with E-state index in [1.54, 1.807) is 0 Å². The lowest BCUT2D eigenvalue weighted by Gasteiger charge is -2.21. The summed E-state index contributed by atoms with van der Waals surface area (Å²) in [4.78, 5) is 0. The van der Waals surface area contributed by atoms with Crippen LogP contribution in [0.15, 0.2) is 30.3 Å². The smallest absolute Gasteiger partial charge is 0.0575 e. The zero-order valence-electron chi connectivity index (χ0n) is 12.7. The summed E-state index contributed by atoms with van der Waals surface area (Å²) in [6, 6.07) is 10.7. The standard InChI is InChI=1S/C18H29NO/c1-3-9-17(10-4-1)11-7-14-19-15-8-16-20-18-12-5-2-6-13-18/h1,3-4,9-10,18-19H,2,5-8,11-16H2. The highest BCUT2D eigenvalue weighted by Crippen LogP contribution is 2.20. The van der Waals surface area contributed by atoms with Gasteiger partial charge in [0.2, 0.25) is 0 Å². The summed E-state index contributed by atoms with van der Waals surface area (Å²) in [5.74, 6) is 0. The van der Waals surface area contributed by atoms with Gasteiger partial charge in [-0.3, -0.25) is 0 Å². The number of hydrogen-bond donors (Lipinski definition) is 1. The van der Waals surface area contributed by atoms with E-state index >= 15 is 0 Å². The minimum absolute atomic E-state index is 0.557. The molecule has 2 nitrogen and oxygen atoms in total. The summed E-state index contributed by atoms with van der Waals surface area (Å²) in [7, 11) is 0. The highest BCUT2D eigenvalue weighted by atomic mass is 16.5. The molecule has 0 spiro atoms. The molecule has 0 aliphatic heterocycles. The largest absolute Gasteiger partial charge is 0.378 e. The summed E-state index contributed by atoms with van der Waals surface area (Å²) in [5, 5.41) is 3.51. The van der Waals surface area contributed by atoms with Crippen LogP contribution in [0.2, 0.25) is 0 Å². The zero-order chi connectivity index (χ0) is 13.9. The van der Waals surface area contributed by atoms with Crippen molar-refractivity contribution in [2.45, 2.75) is 57.5 Å². The number of ether oxygens (including phenoxy) is 1. The molecule has 1 aliphatic carbocycles. The minimum Gasteiger partial charge on any atom is -0.378 e. The van der Waals surface area contributed by atoms with Crippen molar-refractivity contribution in [2.24, 2.45) is 0 Å². The van der Waals surface area contributed by atoms with Crippen LogP contribution in [0, 0.1) is 0 Å². The predicted molar refractivity (Wildman–Crippen MR) is 85.1 cm³/mol. The number of hydrogen-bond acceptors (Lipinski definition) is 2. The number of benzene rings is 1. The Balaban J connectivity index is 1.38. The third-order valence-corrected chi connectivity index (χ3v) is 4.07. The first kappa shape index (κ1) is 15.5. The van der Waals surface area contributed by atoms with Crippen LogP contribution in [-0.2, 0) is 11.2 Å². The van der Waals surface area contributed by atoms with Crippen molar-refractivity contribution in [2.75, 3.05) is 19.7 Å². The summed E-state index contributed by atoms with van der Waals surface area (Å²) >= 11 is 0. The Morgan fingerprint density at radius 1 is 0.950 bits per heavy atom. The molecule has 0 amide bonds. The van der Waals surface area contributed by atoms with Crippen LogP contribution < -0.4 is 5.32 Å². The molecule has 1 fully saturated rings. The quantitative estimate of drug-likeness (QED) is 0.689. The molecule has 0 unspecified atom stereocenters. The predicted octanol–water partition coefficient (Wildman–Crippen LogP) is 3.95. The zero-order valence-corrected chi connectivity index (χ0v) is 12.7. The van der Waals surface area contributed by atoms with Gasteiger partial charge in [0, 0.05) is 6.61 Å². The molecule has 112 valence electrons. The molecule has 0 bridgehead atoms. The monoisotopic (exact) mass is 275 g/mol. The maximum atomic E-state index is 5.92. The third-order valence-electron chi connectivity index (χ3n) is 4.07. The van der Waals surface area contributed by atoms with Gasteiger partial charge in [-0.2, -0.15) is 0 Å². The summed E-state index contributed by atoms with van der Waals surface area (Å²) in [6.07, 6.45) is 10.8. The highest BCUT2D eigenvalue weighted by molar-refractivity contribution is 5.14. The topological polar surface area (TPSA) is 21.3 Å². The maximum Gasteiger partial charge on any atom is 0.0575 e. The Bertz CT molecular complexity index is 333. The Kier molecular flexibility index (Phi) is 7.73. The van der Waals surface area contributed by atoms with Crippen LogP contribution in [-0.4, -0.2) is 25.8 Å². The van der Waals surface area contributed by atoms with E-state index in [1.165, 1.54) is 50.5 Å². The highest BCUT2D eigenvalue weighted by Gasteiger charge is 2.12. The molecular formula is C18H29NO. The van der Waals surface area contributed by atoms with E-state index in [2.05, 4.69) is 35.6 Å². The van der Waals surface area contributed by atoms with Gasteiger partial charge in [-0.1, -0.05) is 49.6 Å². The third kappa shape index (κ3) is 6.53. The first-order valence-electron chi connectivity index (χ1n) is 8.31. The molecule has 20 heavy (non-hydrogen) atoms. The maximum absolute atomic E-state index is 5.92. The first-order valence-corrected chi connectivity index (χ1v) is 8.31. The van der Waals surface area contributed by atoms with E-state index < -0.39 is 0 Å². The van der Waals surface area contributed by atoms with Crippen molar-refractivity contribution < 1.29 is 4.74 Å². The number of aryl methyl sites for hydroxylation is 1. The number of nitrogens with one attached hydrogen (secondary N) is 1. The average Bonchev–Trinajstić information content (AvgIpc) is 2.52. The van der Waals surface area contributed by atoms with Crippen molar-refractivity contribution in [3.8, 4) is 0 Å². The van der Waals surface area contributed by atoms with Gasteiger partial charge in [0.25, 0.3) is 0 Å². The van der Waals surface area contributed by atoms with E-state index in [4.69, 9.17) is 4.74 Å². The lowest BCUT2D eigenvalue weighted by atomic mass is 9.98. The second kappa shape index (κ2) is 9.95. The number of rotatable bonds is 9. The molecule has 1 saturated carbocycles. The fourth-order valence-corrected chi connectivity index (χ4v) is 2.87. The molecule has 2 heteroatoms. The molecule has 1 aliphatic rings. The lowest BCUT2D eigenvalue weighted by Crippen LogP contribution is -2.21. The summed E-state index contributed by atoms with van der Waals surface area (Å²) in [6.45, 7) is 3.12. The molecule has 0 radical (unpaired) electrons. The molecule has 2 rings (SSSR count).